The van der Waals surface area contributed by atoms with Crippen molar-refractivity contribution in [1.29, 1.82) is 5.26 Å². The fourth-order valence-electron chi connectivity index (χ4n) is 1.83. The van der Waals surface area contributed by atoms with Gasteiger partial charge < -0.3 is 15.8 Å². The zero-order valence-corrected chi connectivity index (χ0v) is 8.97. The maximum atomic E-state index is 10.7. The number of carbonyl (C=O) groups is 1. The molecule has 2 rings (SSSR count). The summed E-state index contributed by atoms with van der Waals surface area (Å²) in [6.07, 6.45) is 1.91. The summed E-state index contributed by atoms with van der Waals surface area (Å²) in [7, 11) is 0. The molecule has 0 amide bonds. The molecule has 5 heteroatoms. The number of benzene rings is 1. The third-order valence-electron chi connectivity index (χ3n) is 2.66. The lowest BCUT2D eigenvalue weighted by molar-refractivity contribution is -0.138. The first-order valence-corrected chi connectivity index (χ1v) is 5.11. The normalized spacial score (nSPS) is 12.2. The van der Waals surface area contributed by atoms with Gasteiger partial charge in [0.25, 0.3) is 0 Å². The lowest BCUT2D eigenvalue weighted by Crippen LogP contribution is -2.32. The van der Waals surface area contributed by atoms with Crippen molar-refractivity contribution in [2.45, 2.75) is 12.5 Å². The molecule has 0 aliphatic rings. The molecule has 1 unspecified atom stereocenters. The number of nitriles is 1. The van der Waals surface area contributed by atoms with Crippen molar-refractivity contribution >= 4 is 16.9 Å². The summed E-state index contributed by atoms with van der Waals surface area (Å²) in [5.74, 6) is -1.05. The van der Waals surface area contributed by atoms with Gasteiger partial charge in [0.15, 0.2) is 0 Å². The van der Waals surface area contributed by atoms with Crippen LogP contribution < -0.4 is 5.73 Å². The van der Waals surface area contributed by atoms with Gasteiger partial charge in [0, 0.05) is 23.5 Å². The summed E-state index contributed by atoms with van der Waals surface area (Å²) in [6, 6.07) is 6.45. The van der Waals surface area contributed by atoms with Gasteiger partial charge in [0.05, 0.1) is 11.6 Å². The number of nitrogens with two attached hydrogens (primary N) is 1. The Morgan fingerprint density at radius 3 is 3.00 bits per heavy atom. The second-order valence-electron chi connectivity index (χ2n) is 3.80. The van der Waals surface area contributed by atoms with Crippen molar-refractivity contribution in [3.8, 4) is 6.07 Å². The van der Waals surface area contributed by atoms with Gasteiger partial charge in [-0.3, -0.25) is 4.79 Å². The third kappa shape index (κ3) is 1.98. The highest BCUT2D eigenvalue weighted by Crippen LogP contribution is 2.23. The first-order chi connectivity index (χ1) is 8.13. The van der Waals surface area contributed by atoms with Crippen LogP contribution in [0.4, 0.5) is 0 Å². The SMILES string of the molecule is N#Cc1cccc2[nH]cc(CC(N)C(=O)O)c12. The molecule has 1 heterocycles. The zero-order chi connectivity index (χ0) is 12.4. The van der Waals surface area contributed by atoms with Gasteiger partial charge in [-0.25, -0.2) is 0 Å². The van der Waals surface area contributed by atoms with Crippen LogP contribution in [0.15, 0.2) is 24.4 Å². The fraction of sp³-hybridized carbons (Fsp3) is 0.167. The van der Waals surface area contributed by atoms with Gasteiger partial charge in [-0.1, -0.05) is 6.07 Å². The van der Waals surface area contributed by atoms with Crippen LogP contribution in [0.2, 0.25) is 0 Å². The van der Waals surface area contributed by atoms with Crippen molar-refractivity contribution in [3.05, 3.63) is 35.5 Å². The van der Waals surface area contributed by atoms with E-state index in [1.54, 1.807) is 18.3 Å². The quantitative estimate of drug-likeness (QED) is 0.730. The van der Waals surface area contributed by atoms with Crippen LogP contribution in [0.25, 0.3) is 10.9 Å². The van der Waals surface area contributed by atoms with E-state index in [1.807, 2.05) is 6.07 Å². The summed E-state index contributed by atoms with van der Waals surface area (Å²) < 4.78 is 0. The number of aromatic amines is 1. The Morgan fingerprint density at radius 2 is 2.35 bits per heavy atom. The maximum Gasteiger partial charge on any atom is 0.320 e. The fourth-order valence-corrected chi connectivity index (χ4v) is 1.83. The third-order valence-corrected chi connectivity index (χ3v) is 2.66. The molecule has 1 aromatic carbocycles. The van der Waals surface area contributed by atoms with Crippen LogP contribution >= 0.6 is 0 Å². The summed E-state index contributed by atoms with van der Waals surface area (Å²) in [4.78, 5) is 13.7. The molecule has 0 aliphatic carbocycles. The molecule has 0 bridgehead atoms. The monoisotopic (exact) mass is 229 g/mol. The van der Waals surface area contributed by atoms with E-state index < -0.39 is 12.0 Å². The van der Waals surface area contributed by atoms with E-state index in [-0.39, 0.29) is 6.42 Å². The lowest BCUT2D eigenvalue weighted by Gasteiger charge is -2.05. The minimum absolute atomic E-state index is 0.202. The molecule has 5 nitrogen and oxygen atoms in total. The average Bonchev–Trinajstić information content (AvgIpc) is 2.72. The van der Waals surface area contributed by atoms with Gasteiger partial charge in [0.2, 0.25) is 0 Å². The van der Waals surface area contributed by atoms with E-state index in [4.69, 9.17) is 16.1 Å². The summed E-state index contributed by atoms with van der Waals surface area (Å²) in [5, 5.41) is 18.5. The predicted octanol–water partition coefficient (Wildman–Crippen LogP) is 0.994. The number of aliphatic carboxylic acids is 1. The van der Waals surface area contributed by atoms with Crippen LogP contribution in [-0.4, -0.2) is 22.1 Å². The van der Waals surface area contributed by atoms with E-state index in [2.05, 4.69) is 11.1 Å². The molecule has 0 saturated heterocycles. The van der Waals surface area contributed by atoms with Crippen LogP contribution in [0.1, 0.15) is 11.1 Å². The Kier molecular flexibility index (Phi) is 2.81. The number of nitrogens with zero attached hydrogens (tertiary/aromatic N) is 1. The number of nitrogens with one attached hydrogen (secondary N) is 1. The first-order valence-electron chi connectivity index (χ1n) is 5.11. The molecular weight excluding hydrogens is 218 g/mol. The number of rotatable bonds is 3. The zero-order valence-electron chi connectivity index (χ0n) is 8.97. The van der Waals surface area contributed by atoms with Gasteiger partial charge in [-0.2, -0.15) is 5.26 Å². The number of hydrogen-bond acceptors (Lipinski definition) is 3. The predicted molar refractivity (Wildman–Crippen MR) is 62.3 cm³/mol. The minimum Gasteiger partial charge on any atom is -0.480 e. The summed E-state index contributed by atoms with van der Waals surface area (Å²) in [5.41, 5.74) is 7.59. The van der Waals surface area contributed by atoms with Crippen molar-refractivity contribution in [2.24, 2.45) is 5.73 Å². The molecule has 4 N–H and O–H groups in total. The van der Waals surface area contributed by atoms with E-state index in [1.165, 1.54) is 0 Å². The van der Waals surface area contributed by atoms with E-state index >= 15 is 0 Å². The van der Waals surface area contributed by atoms with Crippen LogP contribution in [0.3, 0.4) is 0 Å². The number of H-pyrrole nitrogens is 1. The Morgan fingerprint density at radius 1 is 1.59 bits per heavy atom. The molecule has 0 saturated carbocycles. The number of aromatic nitrogens is 1. The molecular formula is C12H11N3O2. The van der Waals surface area contributed by atoms with Crippen LogP contribution in [0.5, 0.6) is 0 Å². The molecule has 0 radical (unpaired) electrons. The number of fused-ring (bicyclic) bond motifs is 1. The van der Waals surface area contributed by atoms with Crippen LogP contribution in [0, 0.1) is 11.3 Å². The van der Waals surface area contributed by atoms with Gasteiger partial charge in [-0.15, -0.1) is 0 Å². The summed E-state index contributed by atoms with van der Waals surface area (Å²) in [6.45, 7) is 0. The second-order valence-corrected chi connectivity index (χ2v) is 3.80. The summed E-state index contributed by atoms with van der Waals surface area (Å²) >= 11 is 0. The molecule has 1 aromatic heterocycles. The minimum atomic E-state index is -1.05. The largest absolute Gasteiger partial charge is 0.480 e. The highest BCUT2D eigenvalue weighted by atomic mass is 16.4. The van der Waals surface area contributed by atoms with E-state index in [0.717, 1.165) is 16.5 Å². The van der Waals surface area contributed by atoms with E-state index in [9.17, 15) is 4.79 Å². The number of hydrogen-bond donors (Lipinski definition) is 3. The molecule has 17 heavy (non-hydrogen) atoms. The molecule has 86 valence electrons. The molecule has 2 aromatic rings. The Labute approximate surface area is 97.5 Å². The van der Waals surface area contributed by atoms with Gasteiger partial charge in [-0.05, 0) is 17.7 Å². The Balaban J connectivity index is 2.49. The first kappa shape index (κ1) is 11.2. The molecule has 1 atom stereocenters. The van der Waals surface area contributed by atoms with Crippen molar-refractivity contribution in [3.63, 3.8) is 0 Å². The van der Waals surface area contributed by atoms with E-state index in [0.29, 0.717) is 5.56 Å². The number of carboxylic acids is 1. The molecule has 0 fully saturated rings. The lowest BCUT2D eigenvalue weighted by atomic mass is 10.0. The number of carboxylic acid groups (broad SMARTS) is 1. The standard InChI is InChI=1S/C12H11N3O2/c13-5-7-2-1-3-10-11(7)8(6-15-10)4-9(14)12(16)17/h1-3,6,9,15H,4,14H2,(H,16,17). The maximum absolute atomic E-state index is 10.7. The van der Waals surface area contributed by atoms with Gasteiger partial charge in [0.1, 0.15) is 6.04 Å². The Hall–Kier alpha value is -2.32. The van der Waals surface area contributed by atoms with Crippen molar-refractivity contribution in [1.82, 2.24) is 4.98 Å². The van der Waals surface area contributed by atoms with Crippen molar-refractivity contribution in [2.75, 3.05) is 0 Å². The average molecular weight is 229 g/mol. The topological polar surface area (TPSA) is 103 Å². The smallest absolute Gasteiger partial charge is 0.320 e. The van der Waals surface area contributed by atoms with Crippen molar-refractivity contribution < 1.29 is 9.90 Å². The Bertz CT molecular complexity index is 610. The molecule has 0 spiro atoms. The van der Waals surface area contributed by atoms with Crippen LogP contribution in [-0.2, 0) is 11.2 Å². The molecule has 0 aliphatic heterocycles. The van der Waals surface area contributed by atoms with Gasteiger partial charge >= 0.3 is 5.97 Å². The second kappa shape index (κ2) is 4.28. The highest BCUT2D eigenvalue weighted by Gasteiger charge is 2.16. The highest BCUT2D eigenvalue weighted by molar-refractivity contribution is 5.89.